The van der Waals surface area contributed by atoms with E-state index in [-0.39, 0.29) is 29.2 Å². The quantitative estimate of drug-likeness (QED) is 0.196. The van der Waals surface area contributed by atoms with Crippen molar-refractivity contribution in [2.24, 2.45) is 11.2 Å². The summed E-state index contributed by atoms with van der Waals surface area (Å²) in [5.74, 6) is -0.0997. The van der Waals surface area contributed by atoms with Crippen molar-refractivity contribution in [1.29, 1.82) is 0 Å². The summed E-state index contributed by atoms with van der Waals surface area (Å²) in [4.78, 5) is 44.4. The molecule has 1 fully saturated rings. The van der Waals surface area contributed by atoms with Gasteiger partial charge in [-0.15, -0.1) is 16.5 Å². The van der Waals surface area contributed by atoms with E-state index in [4.69, 9.17) is 11.6 Å². The molecule has 3 amide bonds. The van der Waals surface area contributed by atoms with Gasteiger partial charge in [0.15, 0.2) is 0 Å². The highest BCUT2D eigenvalue weighted by Gasteiger charge is 2.31. The average molecular weight is 378 g/mol. The fraction of sp³-hybridized carbons (Fsp3) is 0.857. The molecule has 0 unspecified atom stereocenters. The number of carbonyl (C=O) groups excluding carboxylic acids is 2. The number of halogens is 1. The number of nitrogens with zero attached hydrogens (tertiary/aromatic N) is 3. The van der Waals surface area contributed by atoms with Crippen molar-refractivity contribution in [2.75, 3.05) is 25.5 Å². The Bertz CT molecular complexity index is 471. The number of hydrogen-bond acceptors (Lipinski definition) is 6. The highest BCUT2D eigenvalue weighted by Crippen LogP contribution is 2.25. The number of nitroso groups, excluding NO2 is 1. The summed E-state index contributed by atoms with van der Waals surface area (Å²) >= 11 is 5.44. The maximum atomic E-state index is 12.0. The van der Waals surface area contributed by atoms with Crippen LogP contribution in [0.3, 0.4) is 0 Å². The van der Waals surface area contributed by atoms with Gasteiger partial charge in [-0.3, -0.25) is 14.9 Å². The molecule has 0 aromatic rings. The summed E-state index contributed by atoms with van der Waals surface area (Å²) < 4.78 is 0. The van der Waals surface area contributed by atoms with Gasteiger partial charge < -0.3 is 10.6 Å². The highest BCUT2D eigenvalue weighted by atomic mass is 35.5. The molecule has 1 saturated carbocycles. The first-order valence-corrected chi connectivity index (χ1v) is 8.88. The number of unbranched alkanes of at least 4 members (excludes halogenated alkanes) is 1. The molecule has 1 rings (SSSR count). The Morgan fingerprint density at radius 1 is 1.16 bits per heavy atom. The van der Waals surface area contributed by atoms with Crippen molar-refractivity contribution in [3.63, 3.8) is 0 Å². The largest absolute Gasteiger partial charge is 0.356 e. The van der Waals surface area contributed by atoms with Crippen molar-refractivity contribution in [3.8, 4) is 0 Å². The van der Waals surface area contributed by atoms with Gasteiger partial charge in [0, 0.05) is 42.7 Å². The fourth-order valence-electron chi connectivity index (χ4n) is 2.70. The van der Waals surface area contributed by atoms with E-state index in [0.29, 0.717) is 51.6 Å². The van der Waals surface area contributed by atoms with Crippen LogP contribution in [0, 0.1) is 20.9 Å². The Hall–Kier alpha value is -1.97. The molecule has 1 aliphatic carbocycles. The van der Waals surface area contributed by atoms with Gasteiger partial charge in [-0.2, -0.15) is 5.01 Å². The van der Waals surface area contributed by atoms with Gasteiger partial charge in [-0.1, -0.05) is 0 Å². The fourth-order valence-corrected chi connectivity index (χ4v) is 2.86. The Labute approximate surface area is 150 Å². The van der Waals surface area contributed by atoms with Crippen LogP contribution < -0.4 is 10.6 Å². The maximum absolute atomic E-state index is 12.0. The van der Waals surface area contributed by atoms with Crippen LogP contribution in [0.1, 0.15) is 38.5 Å². The zero-order chi connectivity index (χ0) is 18.7. The van der Waals surface area contributed by atoms with Gasteiger partial charge in [0.1, 0.15) is 0 Å². The molecular formula is C14H24ClN5O5. The third-order valence-electron chi connectivity index (χ3n) is 4.17. The van der Waals surface area contributed by atoms with E-state index in [9.17, 15) is 24.6 Å². The zero-order valence-electron chi connectivity index (χ0n) is 14.0. The van der Waals surface area contributed by atoms with Crippen LogP contribution in [0.2, 0.25) is 0 Å². The molecule has 2 N–H and O–H groups in total. The Morgan fingerprint density at radius 2 is 1.76 bits per heavy atom. The van der Waals surface area contributed by atoms with Crippen LogP contribution in [0.5, 0.6) is 0 Å². The minimum Gasteiger partial charge on any atom is -0.356 e. The van der Waals surface area contributed by atoms with Gasteiger partial charge in [0.25, 0.3) is 0 Å². The van der Waals surface area contributed by atoms with Crippen molar-refractivity contribution >= 4 is 23.5 Å². The summed E-state index contributed by atoms with van der Waals surface area (Å²) in [6, 6.07) is -1.12. The second-order valence-electron chi connectivity index (χ2n) is 5.91. The van der Waals surface area contributed by atoms with Crippen LogP contribution in [0.15, 0.2) is 5.29 Å². The molecule has 1 aliphatic rings. The second-order valence-corrected chi connectivity index (χ2v) is 6.29. The monoisotopic (exact) mass is 377 g/mol. The van der Waals surface area contributed by atoms with Crippen LogP contribution in [-0.4, -0.2) is 53.4 Å². The van der Waals surface area contributed by atoms with Crippen molar-refractivity contribution in [3.05, 3.63) is 15.0 Å². The molecule has 10 nitrogen and oxygen atoms in total. The highest BCUT2D eigenvalue weighted by molar-refractivity contribution is 6.18. The number of amides is 3. The van der Waals surface area contributed by atoms with Gasteiger partial charge in [0.2, 0.25) is 11.9 Å². The summed E-state index contributed by atoms with van der Waals surface area (Å²) in [6.07, 6.45) is 3.28. The van der Waals surface area contributed by atoms with Crippen molar-refractivity contribution in [1.82, 2.24) is 15.6 Å². The number of rotatable bonds is 10. The summed E-state index contributed by atoms with van der Waals surface area (Å²) in [7, 11) is 0. The molecule has 25 heavy (non-hydrogen) atoms. The minimum atomic E-state index is -0.595. The third-order valence-corrected chi connectivity index (χ3v) is 4.34. The molecule has 0 atom stereocenters. The molecule has 0 aromatic carbocycles. The molecule has 142 valence electrons. The first-order valence-electron chi connectivity index (χ1n) is 8.35. The molecule has 0 bridgehead atoms. The Morgan fingerprint density at radius 3 is 2.28 bits per heavy atom. The average Bonchev–Trinajstić information content (AvgIpc) is 2.62. The van der Waals surface area contributed by atoms with E-state index in [1.165, 1.54) is 0 Å². The molecule has 0 saturated heterocycles. The summed E-state index contributed by atoms with van der Waals surface area (Å²) in [5, 5.41) is 19.3. The number of urea groups is 1. The molecule has 11 heteroatoms. The smallest absolute Gasteiger partial charge is 0.340 e. The topological polar surface area (TPSA) is 134 Å². The molecule has 0 aliphatic heterocycles. The van der Waals surface area contributed by atoms with Gasteiger partial charge in [0.05, 0.1) is 11.8 Å². The number of hydrogen-bond donors (Lipinski definition) is 2. The molecule has 0 spiro atoms. The standard InChI is InChI=1S/C14H24ClN5O5/c15-7-10-19(18-23)14(22)17-9-2-1-8-16-13(21)11-3-5-12(6-4-11)20(24)25/h11-12H,1-10H2,(H,16,21)(H,17,22). The number of alkyl halides is 1. The zero-order valence-corrected chi connectivity index (χ0v) is 14.7. The van der Waals surface area contributed by atoms with Gasteiger partial charge in [-0.05, 0) is 25.7 Å². The summed E-state index contributed by atoms with van der Waals surface area (Å²) in [5.41, 5.74) is 0. The van der Waals surface area contributed by atoms with Crippen LogP contribution in [0.25, 0.3) is 0 Å². The van der Waals surface area contributed by atoms with E-state index in [1.54, 1.807) is 0 Å². The van der Waals surface area contributed by atoms with Gasteiger partial charge >= 0.3 is 6.03 Å². The first-order chi connectivity index (χ1) is 12.0. The van der Waals surface area contributed by atoms with Crippen LogP contribution >= 0.6 is 11.6 Å². The molecular weight excluding hydrogens is 354 g/mol. The molecule has 0 heterocycles. The van der Waals surface area contributed by atoms with E-state index < -0.39 is 12.1 Å². The van der Waals surface area contributed by atoms with Crippen molar-refractivity contribution < 1.29 is 14.5 Å². The van der Waals surface area contributed by atoms with E-state index in [2.05, 4.69) is 15.9 Å². The first kappa shape index (κ1) is 21.1. The number of nitrogens with one attached hydrogen (secondary N) is 2. The number of carbonyl (C=O) groups is 2. The lowest BCUT2D eigenvalue weighted by atomic mass is 9.86. The van der Waals surface area contributed by atoms with Crippen LogP contribution in [0.4, 0.5) is 4.79 Å². The number of nitro groups is 1. The lowest BCUT2D eigenvalue weighted by Crippen LogP contribution is -2.38. The predicted molar refractivity (Wildman–Crippen MR) is 91.6 cm³/mol. The minimum absolute atomic E-state index is 0.0473. The Kier molecular flexibility index (Phi) is 9.75. The van der Waals surface area contributed by atoms with E-state index >= 15 is 0 Å². The predicted octanol–water partition coefficient (Wildman–Crippen LogP) is 1.65. The maximum Gasteiger partial charge on any atom is 0.340 e. The third kappa shape index (κ3) is 7.63. The summed E-state index contributed by atoms with van der Waals surface area (Å²) in [6.45, 7) is 0.879. The van der Waals surface area contributed by atoms with E-state index in [1.807, 2.05) is 0 Å². The molecule has 0 radical (unpaired) electrons. The van der Waals surface area contributed by atoms with Gasteiger partial charge in [-0.25, -0.2) is 4.79 Å². The van der Waals surface area contributed by atoms with Crippen molar-refractivity contribution in [2.45, 2.75) is 44.6 Å². The normalized spacial score (nSPS) is 19.7. The SMILES string of the molecule is O=NN(CCCl)C(=O)NCCCCNC(=O)C1CCC([N+](=O)[O-])CC1. The molecule has 0 aromatic heterocycles. The van der Waals surface area contributed by atoms with E-state index in [0.717, 1.165) is 5.01 Å². The lowest BCUT2D eigenvalue weighted by molar-refractivity contribution is -0.526. The lowest BCUT2D eigenvalue weighted by Gasteiger charge is -2.23. The van der Waals surface area contributed by atoms with Crippen LogP contribution in [-0.2, 0) is 4.79 Å². The second kappa shape index (κ2) is 11.6. The Balaban J connectivity index is 2.09.